The van der Waals surface area contributed by atoms with Crippen LogP contribution in [0.5, 0.6) is 0 Å². The molecule has 9 nitrogen and oxygen atoms in total. The van der Waals surface area contributed by atoms with Crippen molar-refractivity contribution < 1.29 is 23.9 Å². The van der Waals surface area contributed by atoms with Crippen molar-refractivity contribution in [3.63, 3.8) is 0 Å². The number of carbonyl (C=O) groups is 4. The number of carbonyl (C=O) groups excluding carboxylic acids is 4. The Morgan fingerprint density at radius 2 is 1.56 bits per heavy atom. The number of hydrogen-bond acceptors (Lipinski definition) is 5. The number of anilines is 2. The number of imide groups is 1. The highest BCUT2D eigenvalue weighted by Gasteiger charge is 2.49. The summed E-state index contributed by atoms with van der Waals surface area (Å²) in [4.78, 5) is 49.2. The van der Waals surface area contributed by atoms with Crippen molar-refractivity contribution in [2.45, 2.75) is 32.2 Å². The summed E-state index contributed by atoms with van der Waals surface area (Å²) >= 11 is 0. The van der Waals surface area contributed by atoms with Gasteiger partial charge in [0.2, 0.25) is 11.8 Å². The van der Waals surface area contributed by atoms with Crippen molar-refractivity contribution in [1.82, 2.24) is 10.2 Å². The van der Waals surface area contributed by atoms with Gasteiger partial charge in [-0.3, -0.25) is 19.3 Å². The molecular weight excluding hydrogens is 352 g/mol. The quantitative estimate of drug-likeness (QED) is 0.592. The van der Waals surface area contributed by atoms with Crippen LogP contribution in [0.2, 0.25) is 0 Å². The number of nitrogens with zero attached hydrogens (tertiary/aromatic N) is 1. The highest BCUT2D eigenvalue weighted by molar-refractivity contribution is 6.10. The number of rotatable bonds is 8. The Balaban J connectivity index is 1.95. The number of hydrogen-bond donors (Lipinski definition) is 3. The maximum atomic E-state index is 12.5. The van der Waals surface area contributed by atoms with Crippen LogP contribution in [0.15, 0.2) is 24.3 Å². The summed E-state index contributed by atoms with van der Waals surface area (Å²) in [6.45, 7) is 3.22. The molecule has 1 fully saturated rings. The molecule has 0 unspecified atom stereocenters. The summed E-state index contributed by atoms with van der Waals surface area (Å²) in [5.74, 6) is -1.16. The van der Waals surface area contributed by atoms with Gasteiger partial charge in [0.25, 0.3) is 5.91 Å². The SMILES string of the molecule is CCC1(CC)NC(=O)N(CC(=O)Nc2ccc(NC(=O)COC)cc2)C1=O. The van der Waals surface area contributed by atoms with Crippen molar-refractivity contribution in [2.24, 2.45) is 0 Å². The third-order valence-electron chi connectivity index (χ3n) is 4.48. The molecule has 1 aromatic rings. The van der Waals surface area contributed by atoms with E-state index in [2.05, 4.69) is 16.0 Å². The molecule has 0 aliphatic carbocycles. The van der Waals surface area contributed by atoms with E-state index in [0.29, 0.717) is 24.2 Å². The average Bonchev–Trinajstić information content (AvgIpc) is 2.88. The van der Waals surface area contributed by atoms with Gasteiger partial charge in [0.05, 0.1) is 0 Å². The maximum Gasteiger partial charge on any atom is 0.325 e. The van der Waals surface area contributed by atoms with Crippen molar-refractivity contribution in [3.05, 3.63) is 24.3 Å². The highest BCUT2D eigenvalue weighted by Crippen LogP contribution is 2.24. The molecule has 27 heavy (non-hydrogen) atoms. The Labute approximate surface area is 157 Å². The normalized spacial score (nSPS) is 15.4. The summed E-state index contributed by atoms with van der Waals surface area (Å²) in [6, 6.07) is 5.89. The lowest BCUT2D eigenvalue weighted by atomic mass is 9.93. The predicted octanol–water partition coefficient (Wildman–Crippen LogP) is 1.32. The minimum atomic E-state index is -0.931. The van der Waals surface area contributed by atoms with Crippen molar-refractivity contribution in [2.75, 3.05) is 30.9 Å². The van der Waals surface area contributed by atoms with Crippen LogP contribution < -0.4 is 16.0 Å². The molecule has 9 heteroatoms. The highest BCUT2D eigenvalue weighted by atomic mass is 16.5. The van der Waals surface area contributed by atoms with E-state index in [1.165, 1.54) is 7.11 Å². The molecule has 146 valence electrons. The average molecular weight is 376 g/mol. The Kier molecular flexibility index (Phi) is 6.51. The van der Waals surface area contributed by atoms with Gasteiger partial charge in [0.15, 0.2) is 0 Å². The zero-order valence-corrected chi connectivity index (χ0v) is 15.6. The third kappa shape index (κ3) is 4.62. The molecule has 5 amide bonds. The van der Waals surface area contributed by atoms with E-state index >= 15 is 0 Å². The third-order valence-corrected chi connectivity index (χ3v) is 4.48. The van der Waals surface area contributed by atoms with Crippen LogP contribution in [0.1, 0.15) is 26.7 Å². The van der Waals surface area contributed by atoms with Gasteiger partial charge in [0, 0.05) is 18.5 Å². The van der Waals surface area contributed by atoms with Gasteiger partial charge in [-0.1, -0.05) is 13.8 Å². The molecular formula is C18H24N4O5. The first-order chi connectivity index (χ1) is 12.8. The Morgan fingerprint density at radius 1 is 1.04 bits per heavy atom. The van der Waals surface area contributed by atoms with Crippen molar-refractivity contribution >= 4 is 35.1 Å². The molecule has 0 saturated carbocycles. The van der Waals surface area contributed by atoms with Crippen LogP contribution >= 0.6 is 0 Å². The fourth-order valence-corrected chi connectivity index (χ4v) is 2.86. The van der Waals surface area contributed by atoms with E-state index in [9.17, 15) is 19.2 Å². The summed E-state index contributed by atoms with van der Waals surface area (Å²) in [6.07, 6.45) is 0.922. The fraction of sp³-hybridized carbons (Fsp3) is 0.444. The van der Waals surface area contributed by atoms with Gasteiger partial charge in [-0.2, -0.15) is 0 Å². The standard InChI is InChI=1S/C18H24N4O5/c1-4-18(5-2)16(25)22(17(26)21-18)10-14(23)19-12-6-8-13(9-7-12)20-15(24)11-27-3/h6-9H,4-5,10-11H2,1-3H3,(H,19,23)(H,20,24)(H,21,26). The van der Waals surface area contributed by atoms with E-state index in [1.54, 1.807) is 24.3 Å². The molecule has 0 spiro atoms. The number of urea groups is 1. The van der Waals surface area contributed by atoms with Gasteiger partial charge in [-0.05, 0) is 37.1 Å². The second kappa shape index (κ2) is 8.63. The largest absolute Gasteiger partial charge is 0.375 e. The molecule has 1 aliphatic rings. The van der Waals surface area contributed by atoms with Crippen molar-refractivity contribution in [1.29, 1.82) is 0 Å². The Bertz CT molecular complexity index is 728. The lowest BCUT2D eigenvalue weighted by molar-refractivity contribution is -0.134. The van der Waals surface area contributed by atoms with Crippen LogP contribution in [0.3, 0.4) is 0 Å². The number of nitrogens with one attached hydrogen (secondary N) is 3. The Hall–Kier alpha value is -2.94. The minimum Gasteiger partial charge on any atom is -0.375 e. The van der Waals surface area contributed by atoms with Gasteiger partial charge >= 0.3 is 6.03 Å². The second-order valence-electron chi connectivity index (χ2n) is 6.22. The van der Waals surface area contributed by atoms with E-state index in [-0.39, 0.29) is 25.0 Å². The first-order valence-corrected chi connectivity index (χ1v) is 8.68. The van der Waals surface area contributed by atoms with Crippen LogP contribution in [0.25, 0.3) is 0 Å². The monoisotopic (exact) mass is 376 g/mol. The van der Waals surface area contributed by atoms with E-state index < -0.39 is 17.5 Å². The van der Waals surface area contributed by atoms with Crippen LogP contribution in [-0.4, -0.2) is 54.5 Å². The molecule has 1 aliphatic heterocycles. The van der Waals surface area contributed by atoms with Crippen molar-refractivity contribution in [3.8, 4) is 0 Å². The van der Waals surface area contributed by atoms with Gasteiger partial charge in [0.1, 0.15) is 18.7 Å². The van der Waals surface area contributed by atoms with E-state index in [4.69, 9.17) is 4.74 Å². The molecule has 0 bridgehead atoms. The fourth-order valence-electron chi connectivity index (χ4n) is 2.86. The van der Waals surface area contributed by atoms with Gasteiger partial charge in [-0.25, -0.2) is 4.79 Å². The summed E-state index contributed by atoms with van der Waals surface area (Å²) in [5, 5.41) is 7.94. The topological polar surface area (TPSA) is 117 Å². The smallest absolute Gasteiger partial charge is 0.325 e. The number of methoxy groups -OCH3 is 1. The second-order valence-corrected chi connectivity index (χ2v) is 6.22. The molecule has 3 N–H and O–H groups in total. The minimum absolute atomic E-state index is 0.0541. The molecule has 1 aromatic carbocycles. The molecule has 1 saturated heterocycles. The summed E-state index contributed by atoms with van der Waals surface area (Å²) in [7, 11) is 1.43. The molecule has 0 aromatic heterocycles. The Morgan fingerprint density at radius 3 is 2.00 bits per heavy atom. The first kappa shape index (κ1) is 20.4. The van der Waals surface area contributed by atoms with E-state index in [1.807, 2.05) is 13.8 Å². The summed E-state index contributed by atoms with van der Waals surface area (Å²) < 4.78 is 4.73. The first-order valence-electron chi connectivity index (χ1n) is 8.68. The molecule has 0 atom stereocenters. The lowest BCUT2D eigenvalue weighted by Gasteiger charge is -2.23. The number of ether oxygens (including phenoxy) is 1. The predicted molar refractivity (Wildman–Crippen MR) is 99.1 cm³/mol. The molecule has 0 radical (unpaired) electrons. The maximum absolute atomic E-state index is 12.5. The number of amides is 5. The molecule has 1 heterocycles. The van der Waals surface area contributed by atoms with Crippen LogP contribution in [0, 0.1) is 0 Å². The van der Waals surface area contributed by atoms with Gasteiger partial charge < -0.3 is 20.7 Å². The zero-order valence-electron chi connectivity index (χ0n) is 15.6. The molecule has 2 rings (SSSR count). The zero-order chi connectivity index (χ0) is 20.0. The van der Waals surface area contributed by atoms with E-state index in [0.717, 1.165) is 4.90 Å². The summed E-state index contributed by atoms with van der Waals surface area (Å²) in [5.41, 5.74) is 0.105. The number of benzene rings is 1. The van der Waals surface area contributed by atoms with Crippen LogP contribution in [0.4, 0.5) is 16.2 Å². The van der Waals surface area contributed by atoms with Gasteiger partial charge in [-0.15, -0.1) is 0 Å². The van der Waals surface area contributed by atoms with Crippen LogP contribution in [-0.2, 0) is 19.1 Å². The lowest BCUT2D eigenvalue weighted by Crippen LogP contribution is -2.46.